The van der Waals surface area contributed by atoms with Crippen molar-refractivity contribution in [2.24, 2.45) is 0 Å². The van der Waals surface area contributed by atoms with E-state index in [0.717, 1.165) is 0 Å². The molecule has 138 valence electrons. The lowest BCUT2D eigenvalue weighted by Crippen LogP contribution is -2.19. The van der Waals surface area contributed by atoms with Crippen LogP contribution in [-0.2, 0) is 4.74 Å². The van der Waals surface area contributed by atoms with Crippen molar-refractivity contribution in [1.29, 1.82) is 0 Å². The maximum Gasteiger partial charge on any atom is 0.411 e. The zero-order valence-electron chi connectivity index (χ0n) is 14.4. The summed E-state index contributed by atoms with van der Waals surface area (Å²) in [7, 11) is 1.46. The summed E-state index contributed by atoms with van der Waals surface area (Å²) >= 11 is 11.8. The zero-order chi connectivity index (χ0) is 19.3. The highest BCUT2D eigenvalue weighted by molar-refractivity contribution is 6.42. The van der Waals surface area contributed by atoms with Crippen molar-refractivity contribution >= 4 is 46.6 Å². The molecule has 2 rings (SSSR count). The predicted octanol–water partition coefficient (Wildman–Crippen LogP) is 5.21. The molecule has 26 heavy (non-hydrogen) atoms. The van der Waals surface area contributed by atoms with Gasteiger partial charge in [-0.25, -0.2) is 4.79 Å². The molecule has 6 nitrogen and oxygen atoms in total. The van der Waals surface area contributed by atoms with E-state index in [2.05, 4.69) is 10.6 Å². The Morgan fingerprint density at radius 3 is 2.35 bits per heavy atom. The van der Waals surface area contributed by atoms with Gasteiger partial charge in [0, 0.05) is 11.3 Å². The summed E-state index contributed by atoms with van der Waals surface area (Å²) < 4.78 is 10.2. The number of carbonyl (C=O) groups excluding carboxylic acids is 2. The van der Waals surface area contributed by atoms with Gasteiger partial charge in [0.1, 0.15) is 5.75 Å². The van der Waals surface area contributed by atoms with Crippen LogP contribution in [0.5, 0.6) is 5.75 Å². The van der Waals surface area contributed by atoms with Crippen molar-refractivity contribution in [3.8, 4) is 5.75 Å². The smallest absolute Gasteiger partial charge is 0.411 e. The molecule has 0 heterocycles. The van der Waals surface area contributed by atoms with Gasteiger partial charge in [0.2, 0.25) is 0 Å². The Kier molecular flexibility index (Phi) is 6.71. The van der Waals surface area contributed by atoms with E-state index in [1.54, 1.807) is 44.2 Å². The second-order valence-corrected chi connectivity index (χ2v) is 6.39. The second kappa shape index (κ2) is 8.78. The average molecular weight is 397 g/mol. The summed E-state index contributed by atoms with van der Waals surface area (Å²) in [5, 5.41) is 6.00. The fourth-order valence-electron chi connectivity index (χ4n) is 2.08. The lowest BCUT2D eigenvalue weighted by molar-refractivity contribution is 0.102. The highest BCUT2D eigenvalue weighted by Crippen LogP contribution is 2.28. The number of hydrogen-bond donors (Lipinski definition) is 2. The first-order chi connectivity index (χ1) is 12.3. The number of hydrogen-bond acceptors (Lipinski definition) is 4. The Hall–Kier alpha value is -2.44. The SMILES string of the molecule is COc1ccc(C(=O)Nc2ccc(Cl)c(Cl)c2)cc1NC(=O)OC(C)C. The Bertz CT molecular complexity index is 825. The third-order valence-electron chi connectivity index (χ3n) is 3.22. The summed E-state index contributed by atoms with van der Waals surface area (Å²) in [5.41, 5.74) is 1.13. The molecule has 0 atom stereocenters. The Morgan fingerprint density at radius 2 is 1.73 bits per heavy atom. The van der Waals surface area contributed by atoms with E-state index in [9.17, 15) is 9.59 Å². The van der Waals surface area contributed by atoms with E-state index in [4.69, 9.17) is 32.7 Å². The third kappa shape index (κ3) is 5.28. The number of halogens is 2. The highest BCUT2D eigenvalue weighted by atomic mass is 35.5. The van der Waals surface area contributed by atoms with Gasteiger partial charge >= 0.3 is 6.09 Å². The summed E-state index contributed by atoms with van der Waals surface area (Å²) in [6.07, 6.45) is -0.914. The van der Waals surface area contributed by atoms with Crippen molar-refractivity contribution in [1.82, 2.24) is 0 Å². The van der Waals surface area contributed by atoms with Crippen molar-refractivity contribution in [2.75, 3.05) is 17.7 Å². The molecule has 2 aromatic rings. The van der Waals surface area contributed by atoms with Gasteiger partial charge in [-0.1, -0.05) is 23.2 Å². The normalized spacial score (nSPS) is 10.4. The van der Waals surface area contributed by atoms with Crippen LogP contribution in [0.4, 0.5) is 16.2 Å². The van der Waals surface area contributed by atoms with Crippen LogP contribution >= 0.6 is 23.2 Å². The minimum absolute atomic E-state index is 0.276. The molecule has 0 fully saturated rings. The number of anilines is 2. The average Bonchev–Trinajstić information content (AvgIpc) is 2.57. The van der Waals surface area contributed by atoms with Gasteiger partial charge in [-0.2, -0.15) is 0 Å². The summed E-state index contributed by atoms with van der Waals surface area (Å²) in [4.78, 5) is 24.3. The summed E-state index contributed by atoms with van der Waals surface area (Å²) in [6.45, 7) is 3.47. The molecule has 2 N–H and O–H groups in total. The first kappa shape index (κ1) is 19.9. The minimum Gasteiger partial charge on any atom is -0.495 e. The molecule has 0 spiro atoms. The van der Waals surface area contributed by atoms with Crippen molar-refractivity contribution in [2.45, 2.75) is 20.0 Å². The molecule has 0 radical (unpaired) electrons. The van der Waals surface area contributed by atoms with Gasteiger partial charge in [0.25, 0.3) is 5.91 Å². The van der Waals surface area contributed by atoms with Crippen molar-refractivity contribution in [3.63, 3.8) is 0 Å². The number of benzene rings is 2. The number of carbonyl (C=O) groups is 2. The van der Waals surface area contributed by atoms with E-state index in [0.29, 0.717) is 32.7 Å². The van der Waals surface area contributed by atoms with Crippen molar-refractivity contribution in [3.05, 3.63) is 52.0 Å². The molecule has 0 saturated heterocycles. The summed E-state index contributed by atoms with van der Waals surface area (Å²) in [6, 6.07) is 9.41. The first-order valence-corrected chi connectivity index (χ1v) is 8.48. The van der Waals surface area contributed by atoms with Crippen LogP contribution in [0, 0.1) is 0 Å². The minimum atomic E-state index is -0.639. The highest BCUT2D eigenvalue weighted by Gasteiger charge is 2.14. The van der Waals surface area contributed by atoms with Gasteiger partial charge in [0.15, 0.2) is 0 Å². The maximum atomic E-state index is 12.5. The van der Waals surface area contributed by atoms with Crippen LogP contribution in [0.3, 0.4) is 0 Å². The second-order valence-electron chi connectivity index (χ2n) is 5.58. The van der Waals surface area contributed by atoms with E-state index in [1.165, 1.54) is 13.2 Å². The van der Waals surface area contributed by atoms with Gasteiger partial charge < -0.3 is 14.8 Å². The molecule has 8 heteroatoms. The quantitative estimate of drug-likeness (QED) is 0.726. The topological polar surface area (TPSA) is 76.7 Å². The number of methoxy groups -OCH3 is 1. The molecule has 0 aliphatic carbocycles. The molecule has 0 aromatic heterocycles. The number of ether oxygens (including phenoxy) is 2. The molecule has 0 aliphatic rings. The lowest BCUT2D eigenvalue weighted by Gasteiger charge is -2.14. The number of nitrogens with one attached hydrogen (secondary N) is 2. The van der Waals surface area contributed by atoms with E-state index in [1.807, 2.05) is 0 Å². The van der Waals surface area contributed by atoms with E-state index >= 15 is 0 Å². The largest absolute Gasteiger partial charge is 0.495 e. The first-order valence-electron chi connectivity index (χ1n) is 7.72. The van der Waals surface area contributed by atoms with Gasteiger partial charge in [-0.05, 0) is 50.2 Å². The van der Waals surface area contributed by atoms with Crippen LogP contribution < -0.4 is 15.4 Å². The molecule has 2 amide bonds. The molecular formula is C18H18Cl2N2O4. The van der Waals surface area contributed by atoms with Crippen LogP contribution in [0.15, 0.2) is 36.4 Å². The third-order valence-corrected chi connectivity index (χ3v) is 3.96. The predicted molar refractivity (Wildman–Crippen MR) is 103 cm³/mol. The molecule has 0 unspecified atom stereocenters. The Balaban J connectivity index is 2.20. The molecule has 2 aromatic carbocycles. The van der Waals surface area contributed by atoms with Crippen LogP contribution in [0.1, 0.15) is 24.2 Å². The standard InChI is InChI=1S/C18H18Cl2N2O4/c1-10(2)26-18(24)22-15-8-11(4-7-16(15)25-3)17(23)21-12-5-6-13(19)14(20)9-12/h4-10H,1-3H3,(H,21,23)(H,22,24). The lowest BCUT2D eigenvalue weighted by atomic mass is 10.1. The van der Waals surface area contributed by atoms with Crippen LogP contribution in [-0.4, -0.2) is 25.2 Å². The summed E-state index contributed by atoms with van der Waals surface area (Å²) in [5.74, 6) is 0.0168. The molecular weight excluding hydrogens is 379 g/mol. The van der Waals surface area contributed by atoms with Gasteiger partial charge in [0.05, 0.1) is 28.9 Å². The molecule has 0 bridgehead atoms. The number of rotatable bonds is 5. The van der Waals surface area contributed by atoms with Gasteiger partial charge in [-0.15, -0.1) is 0 Å². The van der Waals surface area contributed by atoms with Crippen LogP contribution in [0.25, 0.3) is 0 Å². The zero-order valence-corrected chi connectivity index (χ0v) is 15.9. The van der Waals surface area contributed by atoms with E-state index in [-0.39, 0.29) is 12.0 Å². The maximum absolute atomic E-state index is 12.5. The Labute approximate surface area is 161 Å². The van der Waals surface area contributed by atoms with Crippen molar-refractivity contribution < 1.29 is 19.1 Å². The Morgan fingerprint density at radius 1 is 1.00 bits per heavy atom. The fourth-order valence-corrected chi connectivity index (χ4v) is 2.38. The van der Waals surface area contributed by atoms with Crippen LogP contribution in [0.2, 0.25) is 10.0 Å². The monoisotopic (exact) mass is 396 g/mol. The molecule has 0 aliphatic heterocycles. The number of amides is 2. The molecule has 0 saturated carbocycles. The van der Waals surface area contributed by atoms with E-state index < -0.39 is 6.09 Å². The van der Waals surface area contributed by atoms with Gasteiger partial charge in [-0.3, -0.25) is 10.1 Å². The fraction of sp³-hybridized carbons (Fsp3) is 0.222.